The fourth-order valence-electron chi connectivity index (χ4n) is 16.2. The molecule has 0 bridgehead atoms. The van der Waals surface area contributed by atoms with Crippen molar-refractivity contribution in [2.45, 2.75) is 272 Å². The molecule has 56 heteroatoms. The molecule has 712 valence electrons. The molecule has 0 spiro atoms. The van der Waals surface area contributed by atoms with Crippen molar-refractivity contribution in [2.24, 2.45) is 0 Å². The lowest BCUT2D eigenvalue weighted by molar-refractivity contribution is -0.407. The summed E-state index contributed by atoms with van der Waals surface area (Å²) in [6.45, 7) is -28.1. The molecular formula is C66H112O56. The van der Waals surface area contributed by atoms with Gasteiger partial charge in [0.05, 0.1) is 72.7 Å². The van der Waals surface area contributed by atoms with Crippen molar-refractivity contribution >= 4 is 0 Å². The summed E-state index contributed by atoms with van der Waals surface area (Å²) < 4.78 is 123. The van der Waals surface area contributed by atoms with E-state index in [0.29, 0.717) is 0 Å². The smallest absolute Gasteiger partial charge is 0.224 e. The maximum Gasteiger partial charge on any atom is 0.224 e. The maximum atomic E-state index is 12.1. The molecule has 45 atom stereocenters. The molecule has 11 rings (SSSR count). The highest BCUT2D eigenvalue weighted by molar-refractivity contribution is 5.10. The normalized spacial score (nSPS) is 52.8. The van der Waals surface area contributed by atoms with Crippen LogP contribution in [0.2, 0.25) is 0 Å². The Bertz CT molecular complexity index is 3270. The van der Waals surface area contributed by atoms with Gasteiger partial charge in [-0.2, -0.15) is 0 Å². The van der Waals surface area contributed by atoms with Gasteiger partial charge in [0, 0.05) is 0 Å². The van der Waals surface area contributed by atoms with E-state index in [-0.39, 0.29) is 0 Å². The molecule has 0 saturated carbocycles. The van der Waals surface area contributed by atoms with Crippen LogP contribution in [0.15, 0.2) is 0 Å². The molecule has 0 radical (unpaired) electrons. The molecule has 11 aliphatic rings. The Kier molecular flexibility index (Phi) is 32.3. The van der Waals surface area contributed by atoms with E-state index in [1.165, 1.54) is 0 Å². The predicted molar refractivity (Wildman–Crippen MR) is 363 cm³/mol. The van der Waals surface area contributed by atoms with Gasteiger partial charge < -0.3 is 278 Å². The third kappa shape index (κ3) is 17.7. The van der Waals surface area contributed by atoms with Gasteiger partial charge in [0.25, 0.3) is 0 Å². The van der Waals surface area contributed by atoms with Crippen molar-refractivity contribution in [3.63, 3.8) is 0 Å². The molecule has 0 aromatic carbocycles. The van der Waals surface area contributed by atoms with E-state index in [9.17, 15) is 179 Å². The summed E-state index contributed by atoms with van der Waals surface area (Å²) in [4.78, 5) is 0. The first-order valence-electron chi connectivity index (χ1n) is 38.4. The van der Waals surface area contributed by atoms with E-state index in [1.807, 2.05) is 0 Å². The summed E-state index contributed by atoms with van der Waals surface area (Å²) in [6.07, 6.45) is -77.3. The molecule has 35 N–H and O–H groups in total. The molecule has 11 aliphatic heterocycles. The highest BCUT2D eigenvalue weighted by Crippen LogP contribution is 2.49. The fraction of sp³-hybridized carbons (Fsp3) is 1.00. The molecule has 0 amide bonds. The van der Waals surface area contributed by atoms with Crippen LogP contribution in [0.1, 0.15) is 0 Å². The SMILES string of the molecule is OCC1OC(OC2(COC3(COC4(COC5(COC6(COC7(COC8(COC9(COC%10(COC%11(CO)OC(CO)C(O)C%11O)OC(CO)C(O)C%10O)OC(CO)C(O)C9O)OC(CO)C(O)C8O)OC(CO)C(O)C7O)OC(CO)C(O)C6O)OC(CO)C(O)C5O)OC(CO)C(O)C4O)OC(CO)C(O)C3O)OC(CO)C(O)C2O)C(O)C(O)C1O. The van der Waals surface area contributed by atoms with Crippen molar-refractivity contribution in [1.29, 1.82) is 0 Å². The Morgan fingerprint density at radius 2 is 0.311 bits per heavy atom. The molecule has 11 fully saturated rings. The quantitative estimate of drug-likeness (QED) is 0.0270. The number of hydrogen-bond donors (Lipinski definition) is 35. The van der Waals surface area contributed by atoms with Crippen LogP contribution < -0.4 is 0 Å². The standard InChI is InChI=1S/C66H112O56/c67-1-22-33(79)44(90)45(91)56(111-22)122-66(55(101)43(89)32(11-77)121-66)21-110-65(54(100)42(88)31(10-76)120-65)20-109-64(53(99)41(87)30(9-75)119-64)19-108-63(52(98)40(86)29(8-74)118-63)18-107-62(51(97)39(85)28(7-73)117-62)17-106-61(50(96)38(84)27(6-72)116-61)16-105-60(49(95)37(83)26(5-71)115-60)15-104-59(48(94)36(82)25(4-70)114-59)14-103-58(47(93)35(81)24(3-69)113-58)13-102-57(12-78)46(92)34(80)23(2-68)112-57/h22-56,67-101H,1-21H2. The monoisotopic (exact) mass is 1800 g/mol. The molecule has 0 aromatic heterocycles. The third-order valence-electron chi connectivity index (χ3n) is 23.9. The second-order valence-electron chi connectivity index (χ2n) is 31.4. The van der Waals surface area contributed by atoms with E-state index in [0.717, 1.165) is 0 Å². The van der Waals surface area contributed by atoms with Crippen LogP contribution in [0, 0.1) is 0 Å². The summed E-state index contributed by atoms with van der Waals surface area (Å²) in [5, 5.41) is 387. The lowest BCUT2D eigenvalue weighted by Gasteiger charge is -2.45. The van der Waals surface area contributed by atoms with Gasteiger partial charge in [-0.1, -0.05) is 0 Å². The molecule has 11 saturated heterocycles. The van der Waals surface area contributed by atoms with Gasteiger partial charge >= 0.3 is 0 Å². The van der Waals surface area contributed by atoms with Gasteiger partial charge in [0.2, 0.25) is 57.9 Å². The number of hydrogen-bond acceptors (Lipinski definition) is 56. The first-order chi connectivity index (χ1) is 57.6. The Balaban J connectivity index is 0.893. The zero-order chi connectivity index (χ0) is 89.9. The van der Waals surface area contributed by atoms with Crippen LogP contribution in [0.3, 0.4) is 0 Å². The lowest BCUT2D eigenvalue weighted by Crippen LogP contribution is -2.64. The third-order valence-corrected chi connectivity index (χ3v) is 23.9. The minimum atomic E-state index is -3.26. The topological polar surface area (TPSA) is 902 Å². The Morgan fingerprint density at radius 1 is 0.164 bits per heavy atom. The fourth-order valence-corrected chi connectivity index (χ4v) is 16.2. The Morgan fingerprint density at radius 3 is 0.484 bits per heavy atom. The second-order valence-corrected chi connectivity index (χ2v) is 31.4. The minimum Gasteiger partial charge on any atom is -0.394 e. The van der Waals surface area contributed by atoms with Crippen LogP contribution in [0.4, 0.5) is 0 Å². The number of ether oxygens (including phenoxy) is 21. The highest BCUT2D eigenvalue weighted by atomic mass is 16.9. The van der Waals surface area contributed by atoms with Gasteiger partial charge in [0.15, 0.2) is 6.29 Å². The van der Waals surface area contributed by atoms with Crippen molar-refractivity contribution in [1.82, 2.24) is 0 Å². The van der Waals surface area contributed by atoms with Crippen molar-refractivity contribution < 1.29 is 278 Å². The van der Waals surface area contributed by atoms with Gasteiger partial charge in [-0.3, -0.25) is 0 Å². The number of aliphatic hydroxyl groups excluding tert-OH is 35. The van der Waals surface area contributed by atoms with Gasteiger partial charge in [0.1, 0.15) is 274 Å². The maximum absolute atomic E-state index is 12.1. The zero-order valence-corrected chi connectivity index (χ0v) is 64.3. The van der Waals surface area contributed by atoms with Crippen LogP contribution in [0.25, 0.3) is 0 Å². The average molecular weight is 1800 g/mol. The minimum absolute atomic E-state index is 0.976. The van der Waals surface area contributed by atoms with E-state index in [4.69, 9.17) is 99.5 Å². The van der Waals surface area contributed by atoms with Crippen molar-refractivity contribution in [2.75, 3.05) is 139 Å². The summed E-state index contributed by atoms with van der Waals surface area (Å²) in [6, 6.07) is 0. The summed E-state index contributed by atoms with van der Waals surface area (Å²) >= 11 is 0. The molecule has 0 aromatic rings. The largest absolute Gasteiger partial charge is 0.394 e. The molecule has 56 nitrogen and oxygen atoms in total. The first-order valence-corrected chi connectivity index (χ1v) is 38.4. The highest BCUT2D eigenvalue weighted by Gasteiger charge is 2.71. The molecule has 45 unspecified atom stereocenters. The van der Waals surface area contributed by atoms with Gasteiger partial charge in [-0.15, -0.1) is 0 Å². The summed E-state index contributed by atoms with van der Waals surface area (Å²) in [7, 11) is 0. The average Bonchev–Trinajstić information content (AvgIpc) is 1.62. The predicted octanol–water partition coefficient (Wildman–Crippen LogP) is -25.0. The second kappa shape index (κ2) is 39.3. The van der Waals surface area contributed by atoms with E-state index in [1.54, 1.807) is 0 Å². The van der Waals surface area contributed by atoms with Gasteiger partial charge in [-0.05, 0) is 0 Å². The van der Waals surface area contributed by atoms with Crippen LogP contribution >= 0.6 is 0 Å². The zero-order valence-electron chi connectivity index (χ0n) is 64.3. The molecule has 122 heavy (non-hydrogen) atoms. The van der Waals surface area contributed by atoms with Gasteiger partial charge in [-0.25, -0.2) is 0 Å². The molecular weight excluding hydrogens is 1690 g/mol. The number of rotatable bonds is 41. The first kappa shape index (κ1) is 100. The summed E-state index contributed by atoms with van der Waals surface area (Å²) in [5.41, 5.74) is 0. The van der Waals surface area contributed by atoms with E-state index in [2.05, 4.69) is 0 Å². The summed E-state index contributed by atoms with van der Waals surface area (Å²) in [5.74, 6) is -31.1. The van der Waals surface area contributed by atoms with E-state index >= 15 is 0 Å². The Hall–Kier alpha value is -2.24. The number of aliphatic hydroxyl groups is 35. The molecule has 11 heterocycles. The molecule has 0 aliphatic carbocycles. The van der Waals surface area contributed by atoms with Crippen LogP contribution in [-0.4, -0.2) is 589 Å². The van der Waals surface area contributed by atoms with Crippen molar-refractivity contribution in [3.8, 4) is 0 Å². The van der Waals surface area contributed by atoms with E-state index < -0.39 is 410 Å². The van der Waals surface area contributed by atoms with Crippen LogP contribution in [-0.2, 0) is 99.5 Å². The van der Waals surface area contributed by atoms with Crippen molar-refractivity contribution in [3.05, 3.63) is 0 Å². The lowest BCUT2D eigenvalue weighted by atomic mass is 9.99. The Labute approximate surface area is 687 Å². The van der Waals surface area contributed by atoms with Crippen LogP contribution in [0.5, 0.6) is 0 Å².